The van der Waals surface area contributed by atoms with Crippen molar-refractivity contribution < 1.29 is 4.68 Å². The highest BCUT2D eigenvalue weighted by molar-refractivity contribution is 5.21. The average Bonchev–Trinajstić information content (AvgIpc) is 2.84. The number of nitrogens with zero attached hydrogens (tertiary/aromatic N) is 2. The lowest BCUT2D eigenvalue weighted by molar-refractivity contribution is -0.659. The number of aromatic amines is 2. The maximum atomic E-state index is 4.37. The van der Waals surface area contributed by atoms with E-state index in [0.717, 1.165) is 11.5 Å². The van der Waals surface area contributed by atoms with Crippen LogP contribution >= 0.6 is 0 Å². The molecule has 0 amide bonds. The van der Waals surface area contributed by atoms with Gasteiger partial charge in [0.05, 0.1) is 11.8 Å². The number of nitrogens with one attached hydrogen (secondary N) is 2. The Morgan fingerprint density at radius 1 is 1.06 bits per heavy atom. The van der Waals surface area contributed by atoms with Crippen LogP contribution in [0.15, 0.2) is 18.5 Å². The second-order valence-corrected chi connectivity index (χ2v) is 6.87. The van der Waals surface area contributed by atoms with E-state index in [1.807, 2.05) is 10.9 Å². The Morgan fingerprint density at radius 3 is 2.17 bits per heavy atom. The summed E-state index contributed by atoms with van der Waals surface area (Å²) in [6, 6.07) is 2.09. The van der Waals surface area contributed by atoms with Gasteiger partial charge in [0, 0.05) is 17.2 Å². The molecule has 2 rings (SSSR count). The van der Waals surface area contributed by atoms with Crippen molar-refractivity contribution in [2.75, 3.05) is 0 Å². The van der Waals surface area contributed by atoms with Gasteiger partial charge >= 0.3 is 5.82 Å². The third-order valence-electron chi connectivity index (χ3n) is 3.09. The fourth-order valence-corrected chi connectivity index (χ4v) is 1.72. The number of hydrogen-bond donors (Lipinski definition) is 2. The monoisotopic (exact) mass is 247 g/mol. The smallest absolute Gasteiger partial charge is 0.231 e. The van der Waals surface area contributed by atoms with Gasteiger partial charge in [0.2, 0.25) is 0 Å². The lowest BCUT2D eigenvalue weighted by atomic mass is 9.90. The predicted molar refractivity (Wildman–Crippen MR) is 71.9 cm³/mol. The quantitative estimate of drug-likeness (QED) is 0.748. The molecule has 0 fully saturated rings. The highest BCUT2D eigenvalue weighted by atomic mass is 15.3. The third kappa shape index (κ3) is 2.47. The molecule has 2 heterocycles. The molecule has 0 aliphatic rings. The molecule has 4 nitrogen and oxygen atoms in total. The topological polar surface area (TPSA) is 48.4 Å². The van der Waals surface area contributed by atoms with Crippen LogP contribution in [-0.4, -0.2) is 15.3 Å². The number of aromatic nitrogens is 4. The largest absolute Gasteiger partial charge is 0.325 e. The van der Waals surface area contributed by atoms with E-state index in [1.165, 1.54) is 5.56 Å². The van der Waals surface area contributed by atoms with Crippen LogP contribution in [0.5, 0.6) is 0 Å². The van der Waals surface area contributed by atoms with E-state index < -0.39 is 0 Å². The van der Waals surface area contributed by atoms with Crippen LogP contribution in [0, 0.1) is 0 Å². The van der Waals surface area contributed by atoms with Crippen LogP contribution in [0.4, 0.5) is 0 Å². The summed E-state index contributed by atoms with van der Waals surface area (Å²) in [5.41, 5.74) is 2.55. The van der Waals surface area contributed by atoms with Gasteiger partial charge in [-0.05, 0) is 5.41 Å². The molecule has 0 aliphatic heterocycles. The highest BCUT2D eigenvalue weighted by Crippen LogP contribution is 2.22. The molecule has 0 radical (unpaired) electrons. The van der Waals surface area contributed by atoms with Crippen molar-refractivity contribution in [1.82, 2.24) is 15.3 Å². The standard InChI is InChI=1S/C14H22N4/c1-13(2,3)10-8-15-18(9-10)12-7-11(16-17-12)14(4,5)6/h7-9H,1-6H3,(H,16,17)/p+1. The van der Waals surface area contributed by atoms with Crippen LogP contribution in [0.1, 0.15) is 52.8 Å². The molecule has 2 aromatic rings. The fourth-order valence-electron chi connectivity index (χ4n) is 1.72. The van der Waals surface area contributed by atoms with Gasteiger partial charge in [0.1, 0.15) is 6.20 Å². The van der Waals surface area contributed by atoms with Crippen LogP contribution < -0.4 is 4.68 Å². The lowest BCUT2D eigenvalue weighted by Gasteiger charge is -2.13. The van der Waals surface area contributed by atoms with E-state index in [-0.39, 0.29) is 10.8 Å². The molecule has 0 saturated carbocycles. The average molecular weight is 247 g/mol. The zero-order valence-corrected chi connectivity index (χ0v) is 12.1. The molecule has 2 N–H and O–H groups in total. The van der Waals surface area contributed by atoms with Gasteiger partial charge in [-0.3, -0.25) is 0 Å². The molecule has 0 spiro atoms. The minimum Gasteiger partial charge on any atom is -0.231 e. The van der Waals surface area contributed by atoms with E-state index >= 15 is 0 Å². The predicted octanol–water partition coefficient (Wildman–Crippen LogP) is 2.61. The van der Waals surface area contributed by atoms with Gasteiger partial charge < -0.3 is 0 Å². The summed E-state index contributed by atoms with van der Waals surface area (Å²) in [5, 5.41) is 10.7. The second-order valence-electron chi connectivity index (χ2n) is 6.87. The zero-order chi connectivity index (χ0) is 13.6. The SMILES string of the molecule is CC(C)(C)c1c[nH][n+](-c2cc(C(C)(C)C)n[nH]2)c1. The minimum atomic E-state index is 0.0642. The first-order valence-electron chi connectivity index (χ1n) is 6.35. The van der Waals surface area contributed by atoms with Crippen LogP contribution in [-0.2, 0) is 10.8 Å². The van der Waals surface area contributed by atoms with E-state index in [4.69, 9.17) is 0 Å². The Bertz CT molecular complexity index is 484. The molecule has 0 aromatic carbocycles. The molecule has 0 bridgehead atoms. The highest BCUT2D eigenvalue weighted by Gasteiger charge is 2.23. The summed E-state index contributed by atoms with van der Waals surface area (Å²) in [6.07, 6.45) is 4.15. The van der Waals surface area contributed by atoms with Gasteiger partial charge in [-0.1, -0.05) is 46.6 Å². The Morgan fingerprint density at radius 2 is 1.72 bits per heavy atom. The Balaban J connectivity index is 2.33. The van der Waals surface area contributed by atoms with Crippen LogP contribution in [0.3, 0.4) is 0 Å². The summed E-state index contributed by atoms with van der Waals surface area (Å²) in [4.78, 5) is 0. The first kappa shape index (κ1) is 12.9. The zero-order valence-electron chi connectivity index (χ0n) is 12.1. The minimum absolute atomic E-state index is 0.0642. The molecule has 98 valence electrons. The van der Waals surface area contributed by atoms with Gasteiger partial charge in [0.15, 0.2) is 0 Å². The van der Waals surface area contributed by atoms with Gasteiger partial charge in [0.25, 0.3) is 0 Å². The van der Waals surface area contributed by atoms with Crippen molar-refractivity contribution in [3.63, 3.8) is 0 Å². The van der Waals surface area contributed by atoms with Crippen molar-refractivity contribution in [3.05, 3.63) is 29.7 Å². The van der Waals surface area contributed by atoms with Crippen molar-refractivity contribution in [2.24, 2.45) is 0 Å². The number of rotatable bonds is 1. The van der Waals surface area contributed by atoms with Crippen molar-refractivity contribution >= 4 is 0 Å². The first-order chi connectivity index (χ1) is 8.18. The summed E-state index contributed by atoms with van der Waals surface area (Å²) < 4.78 is 1.98. The summed E-state index contributed by atoms with van der Waals surface area (Å²) in [7, 11) is 0. The molecule has 0 aliphatic carbocycles. The van der Waals surface area contributed by atoms with Gasteiger partial charge in [-0.15, -0.1) is 9.78 Å². The van der Waals surface area contributed by atoms with Crippen molar-refractivity contribution in [3.8, 4) is 5.82 Å². The van der Waals surface area contributed by atoms with E-state index in [0.29, 0.717) is 0 Å². The third-order valence-corrected chi connectivity index (χ3v) is 3.09. The number of H-pyrrole nitrogens is 2. The molecule has 0 saturated heterocycles. The Kier molecular flexibility index (Phi) is 2.84. The van der Waals surface area contributed by atoms with Crippen LogP contribution in [0.2, 0.25) is 0 Å². The van der Waals surface area contributed by atoms with Gasteiger partial charge in [-0.2, -0.15) is 0 Å². The number of hydrogen-bond acceptors (Lipinski definition) is 1. The fraction of sp³-hybridized carbons (Fsp3) is 0.571. The normalized spacial score (nSPS) is 13.0. The lowest BCUT2D eigenvalue weighted by Crippen LogP contribution is -2.32. The molecular formula is C14H23N4+. The van der Waals surface area contributed by atoms with E-state index in [2.05, 4.69) is 69.1 Å². The summed E-state index contributed by atoms with van der Waals surface area (Å²) in [6.45, 7) is 13.1. The molecular weight excluding hydrogens is 224 g/mol. The second kappa shape index (κ2) is 3.97. The summed E-state index contributed by atoms with van der Waals surface area (Å²) >= 11 is 0. The maximum Gasteiger partial charge on any atom is 0.325 e. The maximum absolute atomic E-state index is 4.37. The Labute approximate surface area is 108 Å². The van der Waals surface area contributed by atoms with E-state index in [9.17, 15) is 0 Å². The molecule has 4 heteroatoms. The summed E-state index contributed by atoms with van der Waals surface area (Å²) in [5.74, 6) is 0.968. The first-order valence-corrected chi connectivity index (χ1v) is 6.35. The van der Waals surface area contributed by atoms with Crippen LogP contribution in [0.25, 0.3) is 5.82 Å². The van der Waals surface area contributed by atoms with E-state index in [1.54, 1.807) is 0 Å². The molecule has 0 atom stereocenters. The molecule has 18 heavy (non-hydrogen) atoms. The molecule has 0 unspecified atom stereocenters. The van der Waals surface area contributed by atoms with Crippen molar-refractivity contribution in [2.45, 2.75) is 52.4 Å². The molecule has 2 aromatic heterocycles. The Hall–Kier alpha value is -1.58. The van der Waals surface area contributed by atoms with Crippen molar-refractivity contribution in [1.29, 1.82) is 0 Å². The van der Waals surface area contributed by atoms with Gasteiger partial charge in [-0.25, -0.2) is 5.10 Å².